The van der Waals surface area contributed by atoms with Crippen molar-refractivity contribution in [2.75, 3.05) is 5.88 Å². The van der Waals surface area contributed by atoms with Crippen molar-refractivity contribution in [3.8, 4) is 0 Å². The number of alkyl halides is 1. The zero-order valence-corrected chi connectivity index (χ0v) is 9.85. The van der Waals surface area contributed by atoms with Gasteiger partial charge in [-0.3, -0.25) is 0 Å². The first-order chi connectivity index (χ1) is 7.22. The molecule has 0 amide bonds. The molecule has 1 unspecified atom stereocenters. The monoisotopic (exact) mass is 292 g/mol. The molecule has 6 heteroatoms. The van der Waals surface area contributed by atoms with Gasteiger partial charge in [0.2, 0.25) is 0 Å². The van der Waals surface area contributed by atoms with Gasteiger partial charge < -0.3 is 0 Å². The summed E-state index contributed by atoms with van der Waals surface area (Å²) in [5.74, 6) is 0.216. The summed E-state index contributed by atoms with van der Waals surface area (Å²) in [5, 5.41) is 0. The topological polar surface area (TPSA) is 33.6 Å². The third-order valence-electron chi connectivity index (χ3n) is 1.90. The molecule has 0 saturated heterocycles. The van der Waals surface area contributed by atoms with Crippen molar-refractivity contribution >= 4 is 33.4 Å². The Morgan fingerprint density at radius 2 is 2.40 bits per heavy atom. The quantitative estimate of drug-likeness (QED) is 0.850. The molecule has 1 aromatic carbocycles. The summed E-state index contributed by atoms with van der Waals surface area (Å²) in [5.41, 5.74) is 2.90. The smallest absolute Gasteiger partial charge is 0.190 e. The van der Waals surface area contributed by atoms with E-state index in [1.807, 2.05) is 0 Å². The molecule has 0 saturated carbocycles. The maximum Gasteiger partial charge on any atom is 0.190 e. The molecule has 1 atom stereocenters. The zero-order chi connectivity index (χ0) is 10.8. The maximum atomic E-state index is 13.6. The fraction of sp³-hybridized carbons (Fsp3) is 0.222. The number of nitrogens with one attached hydrogen (secondary N) is 1. The van der Waals surface area contributed by atoms with Crippen LogP contribution in [0.2, 0.25) is 0 Å². The molecule has 0 radical (unpaired) electrons. The maximum absolute atomic E-state index is 13.6. The Balaban J connectivity index is 2.35. The number of halogens is 3. The summed E-state index contributed by atoms with van der Waals surface area (Å²) in [4.78, 5) is 9.07. The van der Waals surface area contributed by atoms with Crippen LogP contribution < -0.4 is 5.48 Å². The summed E-state index contributed by atoms with van der Waals surface area (Å²) in [7, 11) is 0. The Labute approximate surface area is 99.4 Å². The van der Waals surface area contributed by atoms with E-state index in [-0.39, 0.29) is 11.7 Å². The van der Waals surface area contributed by atoms with Crippen LogP contribution in [0.5, 0.6) is 0 Å². The van der Waals surface area contributed by atoms with Gasteiger partial charge in [0, 0.05) is 0 Å². The highest BCUT2D eigenvalue weighted by atomic mass is 79.9. The lowest BCUT2D eigenvalue weighted by Crippen LogP contribution is -2.20. The van der Waals surface area contributed by atoms with E-state index in [1.54, 1.807) is 18.2 Å². The average molecular weight is 294 g/mol. The van der Waals surface area contributed by atoms with Crippen molar-refractivity contribution in [1.29, 1.82) is 0 Å². The second kappa shape index (κ2) is 4.47. The molecule has 1 aromatic rings. The number of benzene rings is 1. The van der Waals surface area contributed by atoms with Gasteiger partial charge in [-0.2, -0.15) is 0 Å². The summed E-state index contributed by atoms with van der Waals surface area (Å²) in [6.45, 7) is 0. The van der Waals surface area contributed by atoms with Gasteiger partial charge in [-0.25, -0.2) is 19.7 Å². The highest BCUT2D eigenvalue weighted by Crippen LogP contribution is 2.20. The molecule has 1 heterocycles. The molecule has 0 spiro atoms. The van der Waals surface area contributed by atoms with Crippen molar-refractivity contribution in [2.24, 2.45) is 4.99 Å². The Bertz CT molecular complexity index is 413. The van der Waals surface area contributed by atoms with Crippen molar-refractivity contribution in [2.45, 2.75) is 6.23 Å². The molecule has 15 heavy (non-hydrogen) atoms. The van der Waals surface area contributed by atoms with E-state index in [0.717, 1.165) is 0 Å². The summed E-state index contributed by atoms with van der Waals surface area (Å²) >= 11 is 8.66. The largest absolute Gasteiger partial charge is 0.246 e. The van der Waals surface area contributed by atoms with E-state index >= 15 is 0 Å². The molecule has 1 aliphatic heterocycles. The van der Waals surface area contributed by atoms with Crippen LogP contribution in [-0.2, 0) is 4.84 Å². The van der Waals surface area contributed by atoms with Gasteiger partial charge in [-0.1, -0.05) is 6.07 Å². The van der Waals surface area contributed by atoms with Gasteiger partial charge in [0.25, 0.3) is 0 Å². The number of rotatable bonds is 2. The van der Waals surface area contributed by atoms with Crippen LogP contribution in [0, 0.1) is 5.82 Å². The van der Waals surface area contributed by atoms with E-state index in [1.165, 1.54) is 0 Å². The molecular weight excluding hydrogens is 286 g/mol. The number of hydrogen-bond donors (Lipinski definition) is 1. The van der Waals surface area contributed by atoms with Gasteiger partial charge in [0.15, 0.2) is 12.1 Å². The van der Waals surface area contributed by atoms with E-state index < -0.39 is 6.23 Å². The summed E-state index contributed by atoms with van der Waals surface area (Å²) in [6, 6.07) is 4.96. The third kappa shape index (κ3) is 2.14. The Morgan fingerprint density at radius 3 is 3.07 bits per heavy atom. The van der Waals surface area contributed by atoms with Crippen LogP contribution in [0.3, 0.4) is 0 Å². The number of amidine groups is 1. The molecule has 3 nitrogen and oxygen atoms in total. The summed E-state index contributed by atoms with van der Waals surface area (Å²) in [6.07, 6.45) is -0.458. The number of hydroxylamine groups is 1. The van der Waals surface area contributed by atoms with Gasteiger partial charge >= 0.3 is 0 Å². The van der Waals surface area contributed by atoms with Crippen LogP contribution in [0.4, 0.5) is 4.39 Å². The molecule has 0 aliphatic carbocycles. The molecule has 0 fully saturated rings. The molecule has 2 rings (SSSR count). The SMILES string of the molecule is Fc1c(Br)cccc1C1=NC(CCl)ON1. The van der Waals surface area contributed by atoms with Crippen molar-refractivity contribution in [1.82, 2.24) is 5.48 Å². The van der Waals surface area contributed by atoms with Gasteiger partial charge in [-0.15, -0.1) is 11.6 Å². The van der Waals surface area contributed by atoms with Crippen molar-refractivity contribution in [3.05, 3.63) is 34.1 Å². The van der Waals surface area contributed by atoms with E-state index in [4.69, 9.17) is 16.4 Å². The van der Waals surface area contributed by atoms with E-state index in [2.05, 4.69) is 26.4 Å². The fourth-order valence-corrected chi connectivity index (χ4v) is 1.70. The lowest BCUT2D eigenvalue weighted by Gasteiger charge is -2.03. The Hall–Kier alpha value is -0.650. The van der Waals surface area contributed by atoms with Crippen LogP contribution in [-0.4, -0.2) is 17.9 Å². The first-order valence-electron chi connectivity index (χ1n) is 4.22. The highest BCUT2D eigenvalue weighted by molar-refractivity contribution is 9.10. The van der Waals surface area contributed by atoms with Gasteiger partial charge in [0.1, 0.15) is 5.82 Å². The van der Waals surface area contributed by atoms with Gasteiger partial charge in [-0.05, 0) is 28.1 Å². The zero-order valence-electron chi connectivity index (χ0n) is 7.51. The fourth-order valence-electron chi connectivity index (χ4n) is 1.20. The molecule has 0 aromatic heterocycles. The average Bonchev–Trinajstić information content (AvgIpc) is 2.70. The predicted molar refractivity (Wildman–Crippen MR) is 59.4 cm³/mol. The highest BCUT2D eigenvalue weighted by Gasteiger charge is 2.21. The van der Waals surface area contributed by atoms with Crippen LogP contribution in [0.25, 0.3) is 0 Å². The summed E-state index contributed by atoms with van der Waals surface area (Å²) < 4.78 is 14.0. The Kier molecular flexibility index (Phi) is 3.23. The van der Waals surface area contributed by atoms with Crippen molar-refractivity contribution < 1.29 is 9.23 Å². The Morgan fingerprint density at radius 1 is 1.60 bits per heavy atom. The van der Waals surface area contributed by atoms with E-state index in [0.29, 0.717) is 15.9 Å². The second-order valence-corrected chi connectivity index (χ2v) is 4.07. The number of nitrogens with zero attached hydrogens (tertiary/aromatic N) is 1. The van der Waals surface area contributed by atoms with Crippen LogP contribution in [0.1, 0.15) is 5.56 Å². The minimum absolute atomic E-state index is 0.228. The molecule has 1 aliphatic rings. The first kappa shape index (κ1) is 10.9. The predicted octanol–water partition coefficient (Wildman–Crippen LogP) is 2.43. The second-order valence-electron chi connectivity index (χ2n) is 2.91. The minimum atomic E-state index is -0.458. The molecule has 1 N–H and O–H groups in total. The standard InChI is InChI=1S/C9H7BrClFN2O/c10-6-3-1-2-5(8(6)12)9-13-7(4-11)15-14-9/h1-3,7H,4H2,(H,13,14). The third-order valence-corrected chi connectivity index (χ3v) is 2.78. The number of hydrogen-bond acceptors (Lipinski definition) is 3. The molecule has 0 bridgehead atoms. The number of aliphatic imine (C=N–C) groups is 1. The normalized spacial score (nSPS) is 19.9. The molecule has 80 valence electrons. The molecular formula is C9H7BrClFN2O. The van der Waals surface area contributed by atoms with Crippen LogP contribution in [0.15, 0.2) is 27.7 Å². The lowest BCUT2D eigenvalue weighted by molar-refractivity contribution is 0.0524. The van der Waals surface area contributed by atoms with Gasteiger partial charge in [0.05, 0.1) is 15.9 Å². The lowest BCUT2D eigenvalue weighted by atomic mass is 10.2. The van der Waals surface area contributed by atoms with E-state index in [9.17, 15) is 4.39 Å². The first-order valence-corrected chi connectivity index (χ1v) is 5.55. The minimum Gasteiger partial charge on any atom is -0.246 e. The van der Waals surface area contributed by atoms with Crippen LogP contribution >= 0.6 is 27.5 Å². The van der Waals surface area contributed by atoms with Crippen molar-refractivity contribution in [3.63, 3.8) is 0 Å².